The molecule has 1 N–H and O–H groups in total. The van der Waals surface area contributed by atoms with E-state index in [0.717, 1.165) is 5.57 Å². The van der Waals surface area contributed by atoms with Crippen LogP contribution in [0.1, 0.15) is 27.7 Å². The summed E-state index contributed by atoms with van der Waals surface area (Å²) in [6, 6.07) is 0. The minimum Gasteiger partial charge on any atom is -0.382 e. The fraction of sp³-hybridized carbons (Fsp3) is 0.545. The highest BCUT2D eigenvalue weighted by atomic mass is 35.5. The Morgan fingerprint density at radius 1 is 1.50 bits per heavy atom. The third-order valence-electron chi connectivity index (χ3n) is 1.74. The molecule has 0 aliphatic rings. The summed E-state index contributed by atoms with van der Waals surface area (Å²) in [4.78, 5) is 11.6. The monoisotopic (exact) mass is 216 g/mol. The minimum atomic E-state index is -1.33. The summed E-state index contributed by atoms with van der Waals surface area (Å²) in [6.07, 6.45) is 3.38. The number of hydrogen-bond donors (Lipinski definition) is 1. The fourth-order valence-corrected chi connectivity index (χ4v) is 1.01. The smallest absolute Gasteiger partial charge is 0.193 e. The lowest BCUT2D eigenvalue weighted by Gasteiger charge is -2.16. The van der Waals surface area contributed by atoms with Crippen LogP contribution in [0, 0.1) is 0 Å². The molecule has 0 aromatic heterocycles. The number of carbonyl (C=O) groups is 1. The Morgan fingerprint density at radius 3 is 2.29 bits per heavy atom. The number of ketones is 1. The van der Waals surface area contributed by atoms with E-state index in [1.807, 2.05) is 6.92 Å². The highest BCUT2D eigenvalue weighted by Crippen LogP contribution is 2.14. The predicted molar refractivity (Wildman–Crippen MR) is 59.5 cm³/mol. The Bertz CT molecular complexity index is 270. The maximum atomic E-state index is 11.6. The van der Waals surface area contributed by atoms with Gasteiger partial charge in [-0.2, -0.15) is 0 Å². The second kappa shape index (κ2) is 5.32. The number of rotatable bonds is 4. The molecule has 2 nitrogen and oxygen atoms in total. The van der Waals surface area contributed by atoms with E-state index in [1.54, 1.807) is 19.1 Å². The number of carbonyl (C=O) groups excluding carboxylic acids is 1. The molecular formula is C11H17ClO2. The molecule has 14 heavy (non-hydrogen) atoms. The summed E-state index contributed by atoms with van der Waals surface area (Å²) in [5.74, 6) is 0.0979. The van der Waals surface area contributed by atoms with E-state index >= 15 is 0 Å². The predicted octanol–water partition coefficient (Wildman–Crippen LogP) is 2.46. The molecule has 0 radical (unpaired) electrons. The van der Waals surface area contributed by atoms with E-state index < -0.39 is 5.60 Å². The number of halogens is 1. The highest BCUT2D eigenvalue weighted by molar-refractivity contribution is 6.19. The van der Waals surface area contributed by atoms with Crippen molar-refractivity contribution in [2.75, 3.05) is 5.88 Å². The number of allylic oxidation sites excluding steroid dienone is 3. The van der Waals surface area contributed by atoms with Gasteiger partial charge in [-0.25, -0.2) is 0 Å². The van der Waals surface area contributed by atoms with Gasteiger partial charge in [-0.1, -0.05) is 17.7 Å². The van der Waals surface area contributed by atoms with Gasteiger partial charge in [-0.05, 0) is 27.7 Å². The van der Waals surface area contributed by atoms with Crippen molar-refractivity contribution in [3.05, 3.63) is 23.3 Å². The van der Waals surface area contributed by atoms with Gasteiger partial charge in [-0.3, -0.25) is 4.79 Å². The molecule has 0 saturated heterocycles. The third-order valence-corrected chi connectivity index (χ3v) is 2.16. The van der Waals surface area contributed by atoms with E-state index in [4.69, 9.17) is 11.6 Å². The number of Topliss-reactive ketones (excluding diaryl/α,β-unsaturated/α-hetero) is 1. The molecule has 0 aliphatic heterocycles. The van der Waals surface area contributed by atoms with Gasteiger partial charge in [0.25, 0.3) is 0 Å². The third kappa shape index (κ3) is 4.07. The summed E-state index contributed by atoms with van der Waals surface area (Å²) in [7, 11) is 0. The largest absolute Gasteiger partial charge is 0.382 e. The SMILES string of the molecule is CC=C(C=C(C)CCl)C(=O)C(C)(C)O. The van der Waals surface area contributed by atoms with Crippen LogP contribution in [-0.4, -0.2) is 22.4 Å². The van der Waals surface area contributed by atoms with Crippen molar-refractivity contribution in [1.29, 1.82) is 0 Å². The van der Waals surface area contributed by atoms with Crippen LogP contribution in [0.15, 0.2) is 23.3 Å². The lowest BCUT2D eigenvalue weighted by atomic mass is 9.95. The summed E-state index contributed by atoms with van der Waals surface area (Å²) in [6.45, 7) is 6.55. The van der Waals surface area contributed by atoms with Crippen molar-refractivity contribution in [1.82, 2.24) is 0 Å². The van der Waals surface area contributed by atoms with Gasteiger partial charge >= 0.3 is 0 Å². The summed E-state index contributed by atoms with van der Waals surface area (Å²) >= 11 is 5.60. The van der Waals surface area contributed by atoms with Crippen molar-refractivity contribution < 1.29 is 9.90 Å². The van der Waals surface area contributed by atoms with E-state index in [-0.39, 0.29) is 5.78 Å². The van der Waals surface area contributed by atoms with Crippen molar-refractivity contribution in [3.63, 3.8) is 0 Å². The zero-order chi connectivity index (χ0) is 11.4. The molecule has 80 valence electrons. The second-order valence-electron chi connectivity index (χ2n) is 3.76. The van der Waals surface area contributed by atoms with Crippen LogP contribution in [0.4, 0.5) is 0 Å². The van der Waals surface area contributed by atoms with Crippen molar-refractivity contribution in [3.8, 4) is 0 Å². The van der Waals surface area contributed by atoms with Crippen LogP contribution >= 0.6 is 11.6 Å². The topological polar surface area (TPSA) is 37.3 Å². The van der Waals surface area contributed by atoms with Gasteiger partial charge < -0.3 is 5.11 Å². The Morgan fingerprint density at radius 2 is 2.00 bits per heavy atom. The first kappa shape index (κ1) is 13.4. The number of aliphatic hydroxyl groups is 1. The molecule has 0 unspecified atom stereocenters. The average Bonchev–Trinajstić information content (AvgIpc) is 2.11. The van der Waals surface area contributed by atoms with Gasteiger partial charge in [0.1, 0.15) is 5.60 Å². The molecule has 0 fully saturated rings. The molecule has 3 heteroatoms. The molecule has 0 spiro atoms. The summed E-state index contributed by atoms with van der Waals surface area (Å²) in [5.41, 5.74) is 0.0679. The van der Waals surface area contributed by atoms with Gasteiger partial charge in [0.15, 0.2) is 5.78 Å². The first-order valence-corrected chi connectivity index (χ1v) is 5.03. The van der Waals surface area contributed by atoms with Crippen molar-refractivity contribution in [2.45, 2.75) is 33.3 Å². The van der Waals surface area contributed by atoms with Crippen LogP contribution in [-0.2, 0) is 4.79 Å². The van der Waals surface area contributed by atoms with Gasteiger partial charge in [0, 0.05) is 11.5 Å². The molecule has 0 heterocycles. The lowest BCUT2D eigenvalue weighted by Crippen LogP contribution is -2.32. The standard InChI is InChI=1S/C11H17ClO2/c1-5-9(6-8(2)7-12)10(13)11(3,4)14/h5-6,14H,7H2,1-4H3. The first-order valence-electron chi connectivity index (χ1n) is 4.49. The van der Waals surface area contributed by atoms with Crippen LogP contribution in [0.2, 0.25) is 0 Å². The maximum absolute atomic E-state index is 11.6. The zero-order valence-electron chi connectivity index (χ0n) is 9.10. The van der Waals surface area contributed by atoms with E-state index in [1.165, 1.54) is 13.8 Å². The number of alkyl halides is 1. The van der Waals surface area contributed by atoms with Crippen LogP contribution in [0.25, 0.3) is 0 Å². The molecule has 0 aromatic rings. The average molecular weight is 217 g/mol. The minimum absolute atomic E-state index is 0.288. The summed E-state index contributed by atoms with van der Waals surface area (Å²) < 4.78 is 0. The van der Waals surface area contributed by atoms with Gasteiger partial charge in [0.05, 0.1) is 0 Å². The quantitative estimate of drug-likeness (QED) is 0.445. The van der Waals surface area contributed by atoms with E-state index in [0.29, 0.717) is 11.5 Å². The second-order valence-corrected chi connectivity index (χ2v) is 4.02. The Kier molecular flexibility index (Phi) is 5.09. The van der Waals surface area contributed by atoms with Crippen molar-refractivity contribution >= 4 is 17.4 Å². The molecule has 0 aliphatic carbocycles. The highest BCUT2D eigenvalue weighted by Gasteiger charge is 2.25. The molecule has 0 bridgehead atoms. The normalized spacial score (nSPS) is 14.4. The molecule has 0 saturated carbocycles. The number of hydrogen-bond acceptors (Lipinski definition) is 2. The Labute approximate surface area is 90.3 Å². The van der Waals surface area contributed by atoms with Crippen molar-refractivity contribution in [2.24, 2.45) is 0 Å². The molecule has 0 aromatic carbocycles. The van der Waals surface area contributed by atoms with Gasteiger partial charge in [0.2, 0.25) is 0 Å². The zero-order valence-corrected chi connectivity index (χ0v) is 9.85. The molecule has 0 atom stereocenters. The van der Waals surface area contributed by atoms with Crippen LogP contribution < -0.4 is 0 Å². The lowest BCUT2D eigenvalue weighted by molar-refractivity contribution is -0.129. The molecule has 0 rings (SSSR count). The van der Waals surface area contributed by atoms with E-state index in [2.05, 4.69) is 0 Å². The molecule has 0 amide bonds. The Balaban J connectivity index is 4.88. The van der Waals surface area contributed by atoms with Crippen LogP contribution in [0.3, 0.4) is 0 Å². The fourth-order valence-electron chi connectivity index (χ4n) is 0.937. The van der Waals surface area contributed by atoms with Gasteiger partial charge in [-0.15, -0.1) is 11.6 Å². The summed E-state index contributed by atoms with van der Waals surface area (Å²) in [5, 5.41) is 9.52. The van der Waals surface area contributed by atoms with E-state index in [9.17, 15) is 9.90 Å². The molecular weight excluding hydrogens is 200 g/mol. The van der Waals surface area contributed by atoms with Crippen LogP contribution in [0.5, 0.6) is 0 Å². The Hall–Kier alpha value is -0.600. The maximum Gasteiger partial charge on any atom is 0.193 e. The first-order chi connectivity index (χ1) is 6.32.